The van der Waals surface area contributed by atoms with Crippen molar-refractivity contribution in [1.29, 1.82) is 0 Å². The molecule has 1 amide bonds. The fourth-order valence-electron chi connectivity index (χ4n) is 3.93. The van der Waals surface area contributed by atoms with Gasteiger partial charge >= 0.3 is 5.97 Å². The van der Waals surface area contributed by atoms with E-state index >= 15 is 0 Å². The van der Waals surface area contributed by atoms with Crippen LogP contribution in [0.4, 0.5) is 0 Å². The van der Waals surface area contributed by atoms with E-state index in [4.69, 9.17) is 4.74 Å². The second-order valence-electron chi connectivity index (χ2n) is 7.55. The molecule has 0 atom stereocenters. The van der Waals surface area contributed by atoms with Crippen molar-refractivity contribution >= 4 is 11.9 Å². The van der Waals surface area contributed by atoms with Gasteiger partial charge in [0.15, 0.2) is 0 Å². The van der Waals surface area contributed by atoms with Crippen LogP contribution in [-0.4, -0.2) is 29.6 Å². The maximum atomic E-state index is 12.7. The molecule has 5 nitrogen and oxygen atoms in total. The molecule has 3 rings (SSSR count). The maximum Gasteiger partial charge on any atom is 0.340 e. The smallest absolute Gasteiger partial charge is 0.340 e. The van der Waals surface area contributed by atoms with Crippen molar-refractivity contribution in [3.05, 3.63) is 83.0 Å². The number of benzene rings is 2. The van der Waals surface area contributed by atoms with E-state index in [1.54, 1.807) is 6.92 Å². The van der Waals surface area contributed by atoms with E-state index < -0.39 is 0 Å². The van der Waals surface area contributed by atoms with Gasteiger partial charge in [0.25, 0.3) is 0 Å². The van der Waals surface area contributed by atoms with Gasteiger partial charge in [-0.25, -0.2) is 4.79 Å². The lowest BCUT2D eigenvalue weighted by atomic mass is 10.1. The summed E-state index contributed by atoms with van der Waals surface area (Å²) in [5.41, 5.74) is 5.22. The first-order valence-electron chi connectivity index (χ1n) is 10.8. The van der Waals surface area contributed by atoms with E-state index in [9.17, 15) is 9.59 Å². The molecule has 2 aromatic carbocycles. The van der Waals surface area contributed by atoms with Gasteiger partial charge in [-0.3, -0.25) is 4.79 Å². The molecule has 0 unspecified atom stereocenters. The van der Waals surface area contributed by atoms with Gasteiger partial charge in [-0.05, 0) is 50.3 Å². The van der Waals surface area contributed by atoms with Crippen LogP contribution in [-0.2, 0) is 22.5 Å². The lowest BCUT2D eigenvalue weighted by Crippen LogP contribution is -2.29. The summed E-state index contributed by atoms with van der Waals surface area (Å²) in [6, 6.07) is 20.1. The maximum absolute atomic E-state index is 12.7. The van der Waals surface area contributed by atoms with Crippen molar-refractivity contribution in [1.82, 2.24) is 9.88 Å². The summed E-state index contributed by atoms with van der Waals surface area (Å²) < 4.78 is 7.19. The first kappa shape index (κ1) is 22.3. The van der Waals surface area contributed by atoms with Crippen LogP contribution in [0.5, 0.6) is 0 Å². The fourth-order valence-corrected chi connectivity index (χ4v) is 3.93. The zero-order chi connectivity index (χ0) is 22.2. The molecular weight excluding hydrogens is 388 g/mol. The zero-order valence-corrected chi connectivity index (χ0v) is 18.5. The van der Waals surface area contributed by atoms with Gasteiger partial charge in [0.2, 0.25) is 5.91 Å². The van der Waals surface area contributed by atoms with Gasteiger partial charge in [0.1, 0.15) is 6.54 Å². The van der Waals surface area contributed by atoms with Gasteiger partial charge in [-0.2, -0.15) is 0 Å². The topological polar surface area (TPSA) is 60.3 Å². The molecule has 162 valence electrons. The first-order valence-corrected chi connectivity index (χ1v) is 10.8. The summed E-state index contributed by atoms with van der Waals surface area (Å²) in [6.07, 6.45) is 1.80. The van der Waals surface area contributed by atoms with Crippen LogP contribution >= 0.6 is 0 Å². The number of carbonyl (C=O) groups is 2. The van der Waals surface area contributed by atoms with Gasteiger partial charge in [-0.15, -0.1) is 0 Å². The average molecular weight is 419 g/mol. The van der Waals surface area contributed by atoms with Crippen molar-refractivity contribution < 1.29 is 14.3 Å². The molecule has 0 aliphatic rings. The molecule has 5 heteroatoms. The van der Waals surface area contributed by atoms with Crippen LogP contribution in [0.1, 0.15) is 40.5 Å². The third-order valence-corrected chi connectivity index (χ3v) is 5.40. The van der Waals surface area contributed by atoms with Crippen molar-refractivity contribution in [2.75, 3.05) is 13.2 Å². The highest BCUT2D eigenvalue weighted by Gasteiger charge is 2.25. The number of nitrogens with zero attached hydrogens (tertiary/aromatic N) is 1. The SMILES string of the molecule is CCOC(=O)c1c(C)c(-c2ccccc2)n(CC(=O)NCCCc2ccccc2)c1C. The summed E-state index contributed by atoms with van der Waals surface area (Å²) in [5, 5.41) is 3.01. The molecule has 1 N–H and O–H groups in total. The van der Waals surface area contributed by atoms with Gasteiger partial charge in [0.05, 0.1) is 17.9 Å². The Labute approximate surface area is 184 Å². The van der Waals surface area contributed by atoms with Crippen molar-refractivity contribution in [2.45, 2.75) is 40.2 Å². The Morgan fingerprint density at radius 1 is 0.968 bits per heavy atom. The molecule has 0 spiro atoms. The number of esters is 1. The fraction of sp³-hybridized carbons (Fsp3) is 0.308. The number of nitrogens with one attached hydrogen (secondary N) is 1. The third-order valence-electron chi connectivity index (χ3n) is 5.40. The van der Waals surface area contributed by atoms with Crippen LogP contribution in [0.2, 0.25) is 0 Å². The number of rotatable bonds is 9. The molecule has 1 aromatic heterocycles. The summed E-state index contributed by atoms with van der Waals surface area (Å²) in [5.74, 6) is -0.421. The Hall–Kier alpha value is -3.34. The minimum atomic E-state index is -0.350. The number of hydrogen-bond acceptors (Lipinski definition) is 3. The number of aryl methyl sites for hydroxylation is 1. The van der Waals surface area contributed by atoms with E-state index in [0.717, 1.165) is 35.4 Å². The monoisotopic (exact) mass is 418 g/mol. The molecule has 0 fully saturated rings. The molecular formula is C26H30N2O3. The molecule has 0 radical (unpaired) electrons. The number of aromatic nitrogens is 1. The van der Waals surface area contributed by atoms with E-state index in [-0.39, 0.29) is 18.4 Å². The lowest BCUT2D eigenvalue weighted by Gasteiger charge is -2.13. The quantitative estimate of drug-likeness (QED) is 0.405. The minimum absolute atomic E-state index is 0.0706. The van der Waals surface area contributed by atoms with Crippen molar-refractivity contribution in [3.8, 4) is 11.3 Å². The molecule has 31 heavy (non-hydrogen) atoms. The summed E-state index contributed by atoms with van der Waals surface area (Å²) in [4.78, 5) is 25.3. The highest BCUT2D eigenvalue weighted by molar-refractivity contribution is 5.95. The largest absolute Gasteiger partial charge is 0.462 e. The Morgan fingerprint density at radius 3 is 2.26 bits per heavy atom. The van der Waals surface area contributed by atoms with E-state index in [1.807, 2.05) is 66.9 Å². The van der Waals surface area contributed by atoms with E-state index in [0.29, 0.717) is 18.7 Å². The van der Waals surface area contributed by atoms with Crippen molar-refractivity contribution in [2.24, 2.45) is 0 Å². The summed E-state index contributed by atoms with van der Waals surface area (Å²) in [7, 11) is 0. The number of hydrogen-bond donors (Lipinski definition) is 1. The van der Waals surface area contributed by atoms with Gasteiger partial charge in [-0.1, -0.05) is 60.7 Å². The number of ether oxygens (including phenoxy) is 1. The second-order valence-corrected chi connectivity index (χ2v) is 7.55. The highest BCUT2D eigenvalue weighted by Crippen LogP contribution is 2.31. The second kappa shape index (κ2) is 10.6. The van der Waals surface area contributed by atoms with E-state index in [1.165, 1.54) is 5.56 Å². The third kappa shape index (κ3) is 5.43. The normalized spacial score (nSPS) is 10.7. The Balaban J connectivity index is 1.76. The van der Waals surface area contributed by atoms with Crippen LogP contribution in [0.25, 0.3) is 11.3 Å². The molecule has 0 bridgehead atoms. The van der Waals surface area contributed by atoms with Crippen LogP contribution in [0.15, 0.2) is 60.7 Å². The molecule has 0 aliphatic heterocycles. The van der Waals surface area contributed by atoms with Crippen molar-refractivity contribution in [3.63, 3.8) is 0 Å². The summed E-state index contributed by atoms with van der Waals surface area (Å²) in [6.45, 7) is 6.65. The van der Waals surface area contributed by atoms with Crippen LogP contribution in [0.3, 0.4) is 0 Å². The van der Waals surface area contributed by atoms with Crippen LogP contribution < -0.4 is 5.32 Å². The standard InChI is InChI=1S/C26H30N2O3/c1-4-31-26(30)24-19(2)25(22-15-9-6-10-16-22)28(20(24)3)18-23(29)27-17-11-14-21-12-7-5-8-13-21/h5-10,12-13,15-16H,4,11,14,17-18H2,1-3H3,(H,27,29). The zero-order valence-electron chi connectivity index (χ0n) is 18.5. The Bertz CT molecular complexity index is 1020. The Kier molecular flexibility index (Phi) is 7.65. The summed E-state index contributed by atoms with van der Waals surface area (Å²) >= 11 is 0. The predicted octanol–water partition coefficient (Wildman–Crippen LogP) is 4.70. The molecule has 1 heterocycles. The molecule has 3 aromatic rings. The molecule has 0 saturated carbocycles. The molecule has 0 aliphatic carbocycles. The molecule has 0 saturated heterocycles. The Morgan fingerprint density at radius 2 is 1.61 bits per heavy atom. The van der Waals surface area contributed by atoms with E-state index in [2.05, 4.69) is 17.4 Å². The average Bonchev–Trinajstić information content (AvgIpc) is 3.02. The minimum Gasteiger partial charge on any atom is -0.462 e. The first-order chi connectivity index (χ1) is 15.0. The highest BCUT2D eigenvalue weighted by atomic mass is 16.5. The number of amides is 1. The number of carbonyl (C=O) groups excluding carboxylic acids is 2. The van der Waals surface area contributed by atoms with Gasteiger partial charge < -0.3 is 14.6 Å². The predicted molar refractivity (Wildman–Crippen MR) is 123 cm³/mol. The van der Waals surface area contributed by atoms with Gasteiger partial charge in [0, 0.05) is 12.2 Å². The van der Waals surface area contributed by atoms with Crippen LogP contribution in [0, 0.1) is 13.8 Å². The lowest BCUT2D eigenvalue weighted by molar-refractivity contribution is -0.121.